The standard InChI is InChI=1S/C22H27N5O5/c1-5-27(6-2)18(28)12-31-16-8-7-13(9-17(16)30-4)19-14(10-23)21(24)32-22-20(19)15(11-29-3)25-26-22/h7-9,19H,5-6,11-12,24H2,1-4H3,(H,25,26)/t19-/m0/s1. The number of nitrogens with two attached hydrogens (primary N) is 1. The van der Waals surface area contributed by atoms with Gasteiger partial charge in [0.2, 0.25) is 11.8 Å². The van der Waals surface area contributed by atoms with Gasteiger partial charge in [-0.25, -0.2) is 0 Å². The first-order chi connectivity index (χ1) is 15.5. The van der Waals surface area contributed by atoms with Gasteiger partial charge in [0.25, 0.3) is 5.91 Å². The van der Waals surface area contributed by atoms with Crippen molar-refractivity contribution in [2.45, 2.75) is 26.4 Å². The lowest BCUT2D eigenvalue weighted by Gasteiger charge is -2.25. The second kappa shape index (κ2) is 10.1. The van der Waals surface area contributed by atoms with Crippen molar-refractivity contribution in [3.8, 4) is 23.4 Å². The summed E-state index contributed by atoms with van der Waals surface area (Å²) < 4.78 is 22.0. The Morgan fingerprint density at radius 2 is 2.06 bits per heavy atom. The number of benzene rings is 1. The number of fused-ring (bicyclic) bond motifs is 1. The van der Waals surface area contributed by atoms with Crippen LogP contribution < -0.4 is 19.9 Å². The average Bonchev–Trinajstić information content (AvgIpc) is 3.19. The molecule has 32 heavy (non-hydrogen) atoms. The summed E-state index contributed by atoms with van der Waals surface area (Å²) >= 11 is 0. The van der Waals surface area contributed by atoms with Gasteiger partial charge < -0.3 is 29.6 Å². The number of hydrogen-bond donors (Lipinski definition) is 2. The predicted molar refractivity (Wildman–Crippen MR) is 115 cm³/mol. The molecule has 3 rings (SSSR count). The van der Waals surface area contributed by atoms with Crippen molar-refractivity contribution < 1.29 is 23.7 Å². The summed E-state index contributed by atoms with van der Waals surface area (Å²) in [7, 11) is 3.08. The second-order valence-corrected chi connectivity index (χ2v) is 7.04. The molecule has 2 heterocycles. The second-order valence-electron chi connectivity index (χ2n) is 7.04. The number of nitrogens with zero attached hydrogens (tertiary/aromatic N) is 3. The minimum Gasteiger partial charge on any atom is -0.493 e. The Bertz CT molecular complexity index is 1050. The fourth-order valence-electron chi connectivity index (χ4n) is 3.69. The first-order valence-corrected chi connectivity index (χ1v) is 10.2. The summed E-state index contributed by atoms with van der Waals surface area (Å²) in [6, 6.07) is 7.41. The third-order valence-corrected chi connectivity index (χ3v) is 5.29. The van der Waals surface area contributed by atoms with Crippen LogP contribution in [0.3, 0.4) is 0 Å². The number of H-pyrrole nitrogens is 1. The van der Waals surface area contributed by atoms with Gasteiger partial charge in [-0.2, -0.15) is 5.26 Å². The van der Waals surface area contributed by atoms with E-state index in [-0.39, 0.29) is 30.6 Å². The molecule has 2 aromatic rings. The Kier molecular flexibility index (Phi) is 7.22. The van der Waals surface area contributed by atoms with E-state index in [2.05, 4.69) is 16.3 Å². The normalized spacial score (nSPS) is 14.9. The number of nitriles is 1. The fraction of sp³-hybridized carbons (Fsp3) is 0.409. The van der Waals surface area contributed by atoms with Crippen LogP contribution in [0.15, 0.2) is 29.7 Å². The summed E-state index contributed by atoms with van der Waals surface area (Å²) in [6.07, 6.45) is 0. The number of nitrogens with one attached hydrogen (secondary N) is 1. The largest absolute Gasteiger partial charge is 0.493 e. The Morgan fingerprint density at radius 3 is 2.69 bits per heavy atom. The molecule has 3 N–H and O–H groups in total. The third kappa shape index (κ3) is 4.33. The van der Waals surface area contributed by atoms with Gasteiger partial charge in [0.15, 0.2) is 18.1 Å². The van der Waals surface area contributed by atoms with E-state index in [0.29, 0.717) is 41.7 Å². The maximum atomic E-state index is 12.3. The SMILES string of the molecule is CCN(CC)C(=O)COc1ccc([C@H]2C(C#N)=C(N)Oc3n[nH]c(COC)c32)cc1OC. The van der Waals surface area contributed by atoms with Crippen LogP contribution in [0.5, 0.6) is 17.4 Å². The number of carbonyl (C=O) groups excluding carboxylic acids is 1. The van der Waals surface area contributed by atoms with Gasteiger partial charge in [0.1, 0.15) is 11.6 Å². The third-order valence-electron chi connectivity index (χ3n) is 5.29. The van der Waals surface area contributed by atoms with Crippen LogP contribution in [0.4, 0.5) is 0 Å². The smallest absolute Gasteiger partial charge is 0.260 e. The summed E-state index contributed by atoms with van der Waals surface area (Å²) in [4.78, 5) is 14.0. The molecule has 1 atom stereocenters. The highest BCUT2D eigenvalue weighted by molar-refractivity contribution is 5.77. The highest BCUT2D eigenvalue weighted by Gasteiger charge is 2.35. The Balaban J connectivity index is 1.97. The summed E-state index contributed by atoms with van der Waals surface area (Å²) in [5.41, 5.74) is 8.33. The molecule has 1 aliphatic rings. The molecule has 1 aliphatic heterocycles. The van der Waals surface area contributed by atoms with E-state index in [1.807, 2.05) is 13.8 Å². The molecule has 0 saturated heterocycles. The molecule has 10 nitrogen and oxygen atoms in total. The number of likely N-dealkylation sites (N-methyl/N-ethyl adjacent to an activating group) is 1. The fourth-order valence-corrected chi connectivity index (χ4v) is 3.69. The molecule has 10 heteroatoms. The minimum atomic E-state index is -0.534. The maximum Gasteiger partial charge on any atom is 0.260 e. The average molecular weight is 441 g/mol. The number of allylic oxidation sites excluding steroid dienone is 1. The molecule has 1 aromatic heterocycles. The van der Waals surface area contributed by atoms with Gasteiger partial charge in [0.05, 0.1) is 30.9 Å². The van der Waals surface area contributed by atoms with E-state index in [1.165, 1.54) is 7.11 Å². The molecule has 170 valence electrons. The quantitative estimate of drug-likeness (QED) is 0.603. The Labute approximate surface area is 186 Å². The molecule has 0 fully saturated rings. The number of hydrogen-bond acceptors (Lipinski definition) is 8. The highest BCUT2D eigenvalue weighted by atomic mass is 16.5. The molecular formula is C22H27N5O5. The molecule has 0 aliphatic carbocycles. The zero-order valence-electron chi connectivity index (χ0n) is 18.6. The van der Waals surface area contributed by atoms with E-state index in [4.69, 9.17) is 24.7 Å². The molecule has 0 bridgehead atoms. The van der Waals surface area contributed by atoms with Crippen LogP contribution in [-0.2, 0) is 16.1 Å². The van der Waals surface area contributed by atoms with Crippen LogP contribution >= 0.6 is 0 Å². The van der Waals surface area contributed by atoms with Gasteiger partial charge in [-0.1, -0.05) is 6.07 Å². The Hall–Kier alpha value is -3.71. The van der Waals surface area contributed by atoms with Crippen molar-refractivity contribution in [1.29, 1.82) is 5.26 Å². The van der Waals surface area contributed by atoms with E-state index < -0.39 is 5.92 Å². The lowest BCUT2D eigenvalue weighted by Crippen LogP contribution is -2.34. The number of aromatic nitrogens is 2. The van der Waals surface area contributed by atoms with Crippen molar-refractivity contribution in [3.05, 3.63) is 46.5 Å². The van der Waals surface area contributed by atoms with Crippen LogP contribution in [0.25, 0.3) is 0 Å². The topological polar surface area (TPSA) is 136 Å². The van der Waals surface area contributed by atoms with Crippen molar-refractivity contribution >= 4 is 5.91 Å². The van der Waals surface area contributed by atoms with E-state index >= 15 is 0 Å². The lowest BCUT2D eigenvalue weighted by molar-refractivity contribution is -0.132. The maximum absolute atomic E-state index is 12.3. The van der Waals surface area contributed by atoms with Gasteiger partial charge in [-0.3, -0.25) is 9.89 Å². The molecule has 1 amide bonds. The van der Waals surface area contributed by atoms with Crippen LogP contribution in [0, 0.1) is 11.3 Å². The first kappa shape index (κ1) is 23.0. The highest BCUT2D eigenvalue weighted by Crippen LogP contribution is 2.44. The summed E-state index contributed by atoms with van der Waals surface area (Å²) in [6.45, 7) is 5.21. The molecule has 0 saturated carbocycles. The molecular weight excluding hydrogens is 414 g/mol. The van der Waals surface area contributed by atoms with E-state index in [1.54, 1.807) is 30.2 Å². The van der Waals surface area contributed by atoms with Crippen molar-refractivity contribution in [2.75, 3.05) is 33.9 Å². The monoisotopic (exact) mass is 441 g/mol. The number of ether oxygens (including phenoxy) is 4. The van der Waals surface area contributed by atoms with Crippen LogP contribution in [0.2, 0.25) is 0 Å². The molecule has 0 radical (unpaired) electrons. The van der Waals surface area contributed by atoms with Crippen LogP contribution in [-0.4, -0.2) is 54.9 Å². The number of rotatable bonds is 9. The molecule has 0 unspecified atom stereocenters. The van der Waals surface area contributed by atoms with Crippen molar-refractivity contribution in [2.24, 2.45) is 5.73 Å². The molecule has 0 spiro atoms. The molecule has 1 aromatic carbocycles. The number of aromatic amines is 1. The zero-order chi connectivity index (χ0) is 23.3. The number of methoxy groups -OCH3 is 2. The minimum absolute atomic E-state index is 0.00965. The van der Waals surface area contributed by atoms with E-state index in [0.717, 1.165) is 5.56 Å². The van der Waals surface area contributed by atoms with Gasteiger partial charge in [-0.15, -0.1) is 5.10 Å². The number of amides is 1. The first-order valence-electron chi connectivity index (χ1n) is 10.2. The van der Waals surface area contributed by atoms with Crippen LogP contribution in [0.1, 0.15) is 36.6 Å². The lowest BCUT2D eigenvalue weighted by atomic mass is 9.84. The predicted octanol–water partition coefficient (Wildman–Crippen LogP) is 2.03. The summed E-state index contributed by atoms with van der Waals surface area (Å²) in [5.74, 6) is 0.486. The Morgan fingerprint density at radius 1 is 1.31 bits per heavy atom. The summed E-state index contributed by atoms with van der Waals surface area (Å²) in [5, 5.41) is 16.8. The van der Waals surface area contributed by atoms with Gasteiger partial charge in [0, 0.05) is 20.2 Å². The van der Waals surface area contributed by atoms with Crippen molar-refractivity contribution in [1.82, 2.24) is 15.1 Å². The van der Waals surface area contributed by atoms with Gasteiger partial charge >= 0.3 is 0 Å². The van der Waals surface area contributed by atoms with Crippen molar-refractivity contribution in [3.63, 3.8) is 0 Å². The number of carbonyl (C=O) groups is 1. The van der Waals surface area contributed by atoms with E-state index in [9.17, 15) is 10.1 Å². The van der Waals surface area contributed by atoms with Gasteiger partial charge in [-0.05, 0) is 31.5 Å². The zero-order valence-corrected chi connectivity index (χ0v) is 18.6.